The van der Waals surface area contributed by atoms with Crippen LogP contribution in [0.2, 0.25) is 0 Å². The number of halogens is 1. The fraction of sp³-hybridized carbons (Fsp3) is 0.214. The molecule has 3 rings (SSSR count). The summed E-state index contributed by atoms with van der Waals surface area (Å²) in [6.07, 6.45) is 0.753. The standard InChI is InChI=1S/C14H11BrO2S/c15-13-7-9(8-18-13)14(16)11-5-6-17-12-4-2-1-3-10(11)12/h1-4,7-8,11H,5-6H2. The fourth-order valence-electron chi connectivity index (χ4n) is 2.25. The third-order valence-corrected chi connectivity index (χ3v) is 4.63. The van der Waals surface area contributed by atoms with Crippen LogP contribution in [0.5, 0.6) is 5.75 Å². The van der Waals surface area contributed by atoms with Crippen LogP contribution in [0.15, 0.2) is 39.5 Å². The Hall–Kier alpha value is -1.13. The van der Waals surface area contributed by atoms with E-state index in [1.165, 1.54) is 0 Å². The number of hydrogen-bond donors (Lipinski definition) is 0. The number of benzene rings is 1. The van der Waals surface area contributed by atoms with Gasteiger partial charge in [-0.2, -0.15) is 0 Å². The van der Waals surface area contributed by atoms with Crippen LogP contribution >= 0.6 is 27.3 Å². The van der Waals surface area contributed by atoms with Crippen molar-refractivity contribution in [3.05, 3.63) is 50.6 Å². The minimum absolute atomic E-state index is 0.0727. The summed E-state index contributed by atoms with van der Waals surface area (Å²) >= 11 is 4.94. The molecule has 0 fully saturated rings. The summed E-state index contributed by atoms with van der Waals surface area (Å²) in [6.45, 7) is 0.610. The molecular formula is C14H11BrO2S. The summed E-state index contributed by atoms with van der Waals surface area (Å²) in [7, 11) is 0. The summed E-state index contributed by atoms with van der Waals surface area (Å²) in [6, 6.07) is 9.70. The second-order valence-corrected chi connectivity index (χ2v) is 6.52. The molecule has 2 aromatic rings. The van der Waals surface area contributed by atoms with Gasteiger partial charge in [-0.15, -0.1) is 11.3 Å². The highest BCUT2D eigenvalue weighted by Gasteiger charge is 2.28. The van der Waals surface area contributed by atoms with Crippen LogP contribution in [0.4, 0.5) is 0 Å². The third kappa shape index (κ3) is 2.10. The van der Waals surface area contributed by atoms with Gasteiger partial charge in [0.05, 0.1) is 16.3 Å². The maximum Gasteiger partial charge on any atom is 0.171 e. The van der Waals surface area contributed by atoms with Gasteiger partial charge in [-0.25, -0.2) is 0 Å². The van der Waals surface area contributed by atoms with Crippen LogP contribution in [-0.2, 0) is 0 Å². The highest BCUT2D eigenvalue weighted by molar-refractivity contribution is 9.11. The van der Waals surface area contributed by atoms with E-state index in [-0.39, 0.29) is 11.7 Å². The number of ketones is 1. The van der Waals surface area contributed by atoms with Gasteiger partial charge < -0.3 is 4.74 Å². The van der Waals surface area contributed by atoms with Crippen LogP contribution in [-0.4, -0.2) is 12.4 Å². The summed E-state index contributed by atoms with van der Waals surface area (Å²) in [5, 5.41) is 1.91. The number of para-hydroxylation sites is 1. The predicted octanol–water partition coefficient (Wildman–Crippen LogP) is 4.26. The molecule has 0 saturated heterocycles. The predicted molar refractivity (Wildman–Crippen MR) is 75.6 cm³/mol. The second kappa shape index (κ2) is 4.86. The first kappa shape index (κ1) is 11.9. The highest BCUT2D eigenvalue weighted by atomic mass is 79.9. The lowest BCUT2D eigenvalue weighted by molar-refractivity contribution is 0.0933. The van der Waals surface area contributed by atoms with Gasteiger partial charge in [0.1, 0.15) is 5.75 Å². The Labute approximate surface area is 118 Å². The maximum absolute atomic E-state index is 12.5. The van der Waals surface area contributed by atoms with Gasteiger partial charge in [0.2, 0.25) is 0 Å². The van der Waals surface area contributed by atoms with E-state index in [0.717, 1.165) is 27.1 Å². The van der Waals surface area contributed by atoms with Crippen molar-refractivity contribution >= 4 is 33.0 Å². The van der Waals surface area contributed by atoms with E-state index >= 15 is 0 Å². The van der Waals surface area contributed by atoms with Crippen molar-refractivity contribution in [2.75, 3.05) is 6.61 Å². The van der Waals surface area contributed by atoms with Gasteiger partial charge in [0.25, 0.3) is 0 Å². The van der Waals surface area contributed by atoms with Gasteiger partial charge in [-0.3, -0.25) is 4.79 Å². The van der Waals surface area contributed by atoms with E-state index in [9.17, 15) is 4.79 Å². The van der Waals surface area contributed by atoms with Crippen molar-refractivity contribution in [1.29, 1.82) is 0 Å². The summed E-state index contributed by atoms with van der Waals surface area (Å²) < 4.78 is 6.58. The topological polar surface area (TPSA) is 26.3 Å². The van der Waals surface area contributed by atoms with Crippen molar-refractivity contribution < 1.29 is 9.53 Å². The van der Waals surface area contributed by atoms with Gasteiger partial charge in [-0.1, -0.05) is 18.2 Å². The van der Waals surface area contributed by atoms with Crippen molar-refractivity contribution in [2.24, 2.45) is 0 Å². The van der Waals surface area contributed by atoms with Crippen LogP contribution in [0, 0.1) is 0 Å². The fourth-order valence-corrected chi connectivity index (χ4v) is 3.40. The maximum atomic E-state index is 12.5. The largest absolute Gasteiger partial charge is 0.493 e. The van der Waals surface area contributed by atoms with Crippen molar-refractivity contribution in [1.82, 2.24) is 0 Å². The number of Topliss-reactive ketones (excluding diaryl/α,β-unsaturated/α-hetero) is 1. The normalized spacial score (nSPS) is 17.9. The van der Waals surface area contributed by atoms with Gasteiger partial charge >= 0.3 is 0 Å². The molecule has 2 nitrogen and oxygen atoms in total. The summed E-state index contributed by atoms with van der Waals surface area (Å²) in [5.74, 6) is 0.959. The Morgan fingerprint density at radius 1 is 1.39 bits per heavy atom. The number of carbonyl (C=O) groups is 1. The van der Waals surface area contributed by atoms with Crippen molar-refractivity contribution in [3.63, 3.8) is 0 Å². The van der Waals surface area contributed by atoms with E-state index < -0.39 is 0 Å². The number of thiophene rings is 1. The number of rotatable bonds is 2. The van der Waals surface area contributed by atoms with Crippen LogP contribution in [0.1, 0.15) is 28.3 Å². The lowest BCUT2D eigenvalue weighted by atomic mass is 9.87. The molecule has 0 aliphatic carbocycles. The first-order valence-electron chi connectivity index (χ1n) is 5.75. The molecule has 1 aromatic heterocycles. The van der Waals surface area contributed by atoms with E-state index in [1.54, 1.807) is 11.3 Å². The van der Waals surface area contributed by atoms with Gasteiger partial charge in [-0.05, 0) is 34.5 Å². The number of fused-ring (bicyclic) bond motifs is 1. The molecule has 0 N–H and O–H groups in total. The molecule has 0 bridgehead atoms. The molecule has 1 unspecified atom stereocenters. The summed E-state index contributed by atoms with van der Waals surface area (Å²) in [4.78, 5) is 12.5. The average Bonchev–Trinajstić information content (AvgIpc) is 2.84. The van der Waals surface area contributed by atoms with Crippen LogP contribution in [0.25, 0.3) is 0 Å². The van der Waals surface area contributed by atoms with E-state index in [4.69, 9.17) is 4.74 Å². The SMILES string of the molecule is O=C(c1csc(Br)c1)C1CCOc2ccccc21. The van der Waals surface area contributed by atoms with Crippen LogP contribution in [0.3, 0.4) is 0 Å². The zero-order valence-electron chi connectivity index (χ0n) is 9.56. The molecule has 2 heterocycles. The molecular weight excluding hydrogens is 312 g/mol. The molecule has 1 aliphatic rings. The molecule has 18 heavy (non-hydrogen) atoms. The minimum Gasteiger partial charge on any atom is -0.493 e. The number of hydrogen-bond acceptors (Lipinski definition) is 3. The molecule has 1 atom stereocenters. The Morgan fingerprint density at radius 3 is 3.00 bits per heavy atom. The molecule has 0 spiro atoms. The molecule has 4 heteroatoms. The van der Waals surface area contributed by atoms with Gasteiger partial charge in [0, 0.05) is 16.5 Å². The molecule has 92 valence electrons. The first-order chi connectivity index (χ1) is 8.75. The molecule has 1 aromatic carbocycles. The monoisotopic (exact) mass is 322 g/mol. The van der Waals surface area contributed by atoms with E-state index in [2.05, 4.69) is 15.9 Å². The summed E-state index contributed by atoms with van der Waals surface area (Å²) in [5.41, 5.74) is 1.80. The van der Waals surface area contributed by atoms with E-state index in [1.807, 2.05) is 35.7 Å². The zero-order chi connectivity index (χ0) is 12.5. The quantitative estimate of drug-likeness (QED) is 0.772. The smallest absolute Gasteiger partial charge is 0.171 e. The lowest BCUT2D eigenvalue weighted by Gasteiger charge is -2.24. The Kier molecular flexibility index (Phi) is 3.22. The van der Waals surface area contributed by atoms with E-state index in [0.29, 0.717) is 6.61 Å². The second-order valence-electron chi connectivity index (χ2n) is 4.23. The number of carbonyl (C=O) groups excluding carboxylic acids is 1. The molecule has 0 radical (unpaired) electrons. The highest BCUT2D eigenvalue weighted by Crippen LogP contribution is 2.36. The van der Waals surface area contributed by atoms with Crippen molar-refractivity contribution in [2.45, 2.75) is 12.3 Å². The zero-order valence-corrected chi connectivity index (χ0v) is 12.0. The van der Waals surface area contributed by atoms with Gasteiger partial charge in [0.15, 0.2) is 5.78 Å². The Bertz CT molecular complexity index is 591. The minimum atomic E-state index is -0.0727. The molecule has 0 saturated carbocycles. The number of ether oxygens (including phenoxy) is 1. The van der Waals surface area contributed by atoms with Crippen LogP contribution < -0.4 is 4.74 Å². The Morgan fingerprint density at radius 2 is 2.22 bits per heavy atom. The molecule has 1 aliphatic heterocycles. The average molecular weight is 323 g/mol. The first-order valence-corrected chi connectivity index (χ1v) is 7.43. The third-order valence-electron chi connectivity index (χ3n) is 3.13. The lowest BCUT2D eigenvalue weighted by Crippen LogP contribution is -2.21. The Balaban J connectivity index is 1.96. The molecule has 0 amide bonds. The van der Waals surface area contributed by atoms with Crippen molar-refractivity contribution in [3.8, 4) is 5.75 Å².